The SMILES string of the molecule is CC(C)Nc1ncc2c(n1)CN(C(=O)NCc1cnc(C(F)(F)F)nc1)CC2. The Kier molecular flexibility index (Phi) is 5.61. The first-order valence-corrected chi connectivity index (χ1v) is 8.74. The standard InChI is InChI=1S/C17H20F3N7O/c1-10(2)25-15-23-8-12-3-4-27(9-13(12)26-15)16(28)24-7-11-5-21-14(22-6-11)17(18,19)20/h5-6,8,10H,3-4,7,9H2,1-2H3,(H,24,28)(H,23,25,26). The highest BCUT2D eigenvalue weighted by molar-refractivity contribution is 5.74. The van der Waals surface area contributed by atoms with Gasteiger partial charge in [-0.3, -0.25) is 0 Å². The predicted octanol–water partition coefficient (Wildman–Crippen LogP) is 2.37. The van der Waals surface area contributed by atoms with E-state index in [1.807, 2.05) is 13.8 Å². The fraction of sp³-hybridized carbons (Fsp3) is 0.471. The number of nitrogens with zero attached hydrogens (tertiary/aromatic N) is 5. The number of halogens is 3. The Hall–Kier alpha value is -2.98. The van der Waals surface area contributed by atoms with Crippen molar-refractivity contribution in [3.05, 3.63) is 41.2 Å². The molecule has 1 aliphatic heterocycles. The third-order valence-corrected chi connectivity index (χ3v) is 4.05. The third-order valence-electron chi connectivity index (χ3n) is 4.05. The van der Waals surface area contributed by atoms with E-state index in [9.17, 15) is 18.0 Å². The molecule has 0 spiro atoms. The summed E-state index contributed by atoms with van der Waals surface area (Å²) in [4.78, 5) is 29.3. The molecule has 0 unspecified atom stereocenters. The Labute approximate surface area is 159 Å². The van der Waals surface area contributed by atoms with E-state index in [-0.39, 0.29) is 18.6 Å². The molecule has 8 nitrogen and oxygen atoms in total. The molecule has 0 fully saturated rings. The Morgan fingerprint density at radius 3 is 2.57 bits per heavy atom. The number of amides is 2. The van der Waals surface area contributed by atoms with Gasteiger partial charge in [0.25, 0.3) is 0 Å². The van der Waals surface area contributed by atoms with Crippen LogP contribution in [0.3, 0.4) is 0 Å². The second kappa shape index (κ2) is 7.95. The molecular weight excluding hydrogens is 375 g/mol. The van der Waals surface area contributed by atoms with E-state index in [0.29, 0.717) is 31.0 Å². The predicted molar refractivity (Wildman–Crippen MR) is 94.2 cm³/mol. The van der Waals surface area contributed by atoms with Gasteiger partial charge >= 0.3 is 12.2 Å². The molecule has 0 atom stereocenters. The number of carbonyl (C=O) groups excluding carboxylic acids is 1. The molecule has 2 amide bonds. The van der Waals surface area contributed by atoms with Crippen molar-refractivity contribution in [1.29, 1.82) is 0 Å². The van der Waals surface area contributed by atoms with Crippen molar-refractivity contribution in [1.82, 2.24) is 30.2 Å². The Balaban J connectivity index is 1.58. The first-order chi connectivity index (χ1) is 13.2. The minimum Gasteiger partial charge on any atom is -0.352 e. The lowest BCUT2D eigenvalue weighted by molar-refractivity contribution is -0.145. The minimum absolute atomic E-state index is 0.0320. The molecule has 0 bridgehead atoms. The smallest absolute Gasteiger partial charge is 0.352 e. The Morgan fingerprint density at radius 2 is 1.93 bits per heavy atom. The summed E-state index contributed by atoms with van der Waals surface area (Å²) >= 11 is 0. The van der Waals surface area contributed by atoms with Crippen molar-refractivity contribution in [3.63, 3.8) is 0 Å². The van der Waals surface area contributed by atoms with Crippen LogP contribution in [-0.4, -0.2) is 43.5 Å². The summed E-state index contributed by atoms with van der Waals surface area (Å²) in [6.07, 6.45) is -0.0819. The number of urea groups is 1. The molecule has 3 rings (SSSR count). The molecule has 2 N–H and O–H groups in total. The molecular formula is C17H20F3N7O. The summed E-state index contributed by atoms with van der Waals surface area (Å²) in [6, 6.07) is -0.144. The zero-order valence-electron chi connectivity index (χ0n) is 15.4. The van der Waals surface area contributed by atoms with Crippen LogP contribution in [0.2, 0.25) is 0 Å². The first kappa shape index (κ1) is 19.8. The number of hydrogen-bond donors (Lipinski definition) is 2. The van der Waals surface area contributed by atoms with Gasteiger partial charge in [-0.2, -0.15) is 13.2 Å². The minimum atomic E-state index is -4.59. The fourth-order valence-corrected chi connectivity index (χ4v) is 2.69. The molecule has 0 saturated heterocycles. The van der Waals surface area contributed by atoms with Gasteiger partial charge < -0.3 is 15.5 Å². The fourth-order valence-electron chi connectivity index (χ4n) is 2.69. The maximum Gasteiger partial charge on any atom is 0.451 e. The molecule has 150 valence electrons. The summed E-state index contributed by atoms with van der Waals surface area (Å²) in [7, 11) is 0. The van der Waals surface area contributed by atoms with E-state index < -0.39 is 12.0 Å². The summed E-state index contributed by atoms with van der Waals surface area (Å²) in [6.45, 7) is 4.83. The second-order valence-electron chi connectivity index (χ2n) is 6.71. The number of carbonyl (C=O) groups is 1. The van der Waals surface area contributed by atoms with E-state index in [4.69, 9.17) is 0 Å². The van der Waals surface area contributed by atoms with Crippen LogP contribution < -0.4 is 10.6 Å². The highest BCUT2D eigenvalue weighted by atomic mass is 19.4. The Bertz CT molecular complexity index is 840. The second-order valence-corrected chi connectivity index (χ2v) is 6.71. The number of hydrogen-bond acceptors (Lipinski definition) is 6. The quantitative estimate of drug-likeness (QED) is 0.825. The van der Waals surface area contributed by atoms with E-state index in [0.717, 1.165) is 23.7 Å². The maximum atomic E-state index is 12.5. The van der Waals surface area contributed by atoms with Crippen molar-refractivity contribution in [2.75, 3.05) is 11.9 Å². The lowest BCUT2D eigenvalue weighted by Crippen LogP contribution is -2.43. The van der Waals surface area contributed by atoms with E-state index in [1.165, 1.54) is 0 Å². The highest BCUT2D eigenvalue weighted by Crippen LogP contribution is 2.25. The monoisotopic (exact) mass is 395 g/mol. The normalized spacial score (nSPS) is 14.0. The van der Waals surface area contributed by atoms with Crippen LogP contribution in [-0.2, 0) is 25.7 Å². The van der Waals surface area contributed by atoms with Crippen molar-refractivity contribution < 1.29 is 18.0 Å². The van der Waals surface area contributed by atoms with E-state index in [2.05, 4.69) is 30.6 Å². The number of fused-ring (bicyclic) bond motifs is 1. The van der Waals surface area contributed by atoms with Gasteiger partial charge in [0.05, 0.1) is 12.2 Å². The molecule has 2 aromatic heterocycles. The maximum absolute atomic E-state index is 12.5. The number of anilines is 1. The van der Waals surface area contributed by atoms with Gasteiger partial charge in [0.2, 0.25) is 11.8 Å². The largest absolute Gasteiger partial charge is 0.451 e. The van der Waals surface area contributed by atoms with Gasteiger partial charge in [0.15, 0.2) is 0 Å². The zero-order chi connectivity index (χ0) is 20.3. The summed E-state index contributed by atoms with van der Waals surface area (Å²) in [5.41, 5.74) is 2.15. The first-order valence-electron chi connectivity index (χ1n) is 8.74. The van der Waals surface area contributed by atoms with Crippen LogP contribution in [0.5, 0.6) is 0 Å². The number of nitrogens with one attached hydrogen (secondary N) is 2. The van der Waals surface area contributed by atoms with Crippen molar-refractivity contribution in [2.45, 2.75) is 45.6 Å². The lowest BCUT2D eigenvalue weighted by Gasteiger charge is -2.28. The molecule has 1 aliphatic rings. The van der Waals surface area contributed by atoms with Gasteiger partial charge in [-0.15, -0.1) is 0 Å². The number of aromatic nitrogens is 4. The number of rotatable bonds is 4. The van der Waals surface area contributed by atoms with Crippen LogP contribution in [0, 0.1) is 0 Å². The van der Waals surface area contributed by atoms with Crippen LogP contribution in [0.1, 0.15) is 36.5 Å². The van der Waals surface area contributed by atoms with Crippen LogP contribution in [0.15, 0.2) is 18.6 Å². The topological polar surface area (TPSA) is 95.9 Å². The van der Waals surface area contributed by atoms with Gasteiger partial charge in [-0.1, -0.05) is 0 Å². The van der Waals surface area contributed by atoms with Crippen LogP contribution in [0.25, 0.3) is 0 Å². The molecule has 0 aromatic carbocycles. The van der Waals surface area contributed by atoms with Gasteiger partial charge in [-0.05, 0) is 25.8 Å². The zero-order valence-corrected chi connectivity index (χ0v) is 15.4. The average molecular weight is 395 g/mol. The average Bonchev–Trinajstić information content (AvgIpc) is 2.64. The van der Waals surface area contributed by atoms with Crippen LogP contribution >= 0.6 is 0 Å². The molecule has 2 aromatic rings. The lowest BCUT2D eigenvalue weighted by atomic mass is 10.1. The van der Waals surface area contributed by atoms with Gasteiger partial charge in [0, 0.05) is 43.3 Å². The Morgan fingerprint density at radius 1 is 1.21 bits per heavy atom. The third kappa shape index (κ3) is 4.84. The van der Waals surface area contributed by atoms with Crippen molar-refractivity contribution >= 4 is 12.0 Å². The summed E-state index contributed by atoms with van der Waals surface area (Å²) in [5.74, 6) is -0.696. The molecule has 0 aliphatic carbocycles. The molecule has 3 heterocycles. The summed E-state index contributed by atoms with van der Waals surface area (Å²) < 4.78 is 37.4. The van der Waals surface area contributed by atoms with Crippen molar-refractivity contribution in [2.24, 2.45) is 0 Å². The van der Waals surface area contributed by atoms with Crippen molar-refractivity contribution in [3.8, 4) is 0 Å². The summed E-state index contributed by atoms with van der Waals surface area (Å²) in [5, 5.41) is 5.80. The van der Waals surface area contributed by atoms with E-state index in [1.54, 1.807) is 11.1 Å². The van der Waals surface area contributed by atoms with Gasteiger partial charge in [0.1, 0.15) is 0 Å². The molecule has 28 heavy (non-hydrogen) atoms. The van der Waals surface area contributed by atoms with Crippen LogP contribution in [0.4, 0.5) is 23.9 Å². The van der Waals surface area contributed by atoms with Gasteiger partial charge in [-0.25, -0.2) is 24.7 Å². The molecule has 0 radical (unpaired) electrons. The molecule has 11 heteroatoms. The van der Waals surface area contributed by atoms with E-state index >= 15 is 0 Å². The highest BCUT2D eigenvalue weighted by Gasteiger charge is 2.34. The number of alkyl halides is 3. The molecule has 0 saturated carbocycles.